The SMILES string of the molecule is O=c1c2cc(Br)ccc2ncn1Cc1ccc(-n2cccn2)cc1. The minimum absolute atomic E-state index is 0.0440. The summed E-state index contributed by atoms with van der Waals surface area (Å²) in [7, 11) is 0. The molecule has 0 aliphatic rings. The van der Waals surface area contributed by atoms with Crippen molar-refractivity contribution in [2.45, 2.75) is 6.54 Å². The zero-order chi connectivity index (χ0) is 16.5. The predicted octanol–water partition coefficient (Wildman–Crippen LogP) is 3.39. The van der Waals surface area contributed by atoms with Crippen molar-refractivity contribution in [3.63, 3.8) is 0 Å². The van der Waals surface area contributed by atoms with Crippen LogP contribution < -0.4 is 5.56 Å². The molecule has 0 bridgehead atoms. The topological polar surface area (TPSA) is 52.7 Å². The first-order chi connectivity index (χ1) is 11.7. The zero-order valence-corrected chi connectivity index (χ0v) is 14.2. The van der Waals surface area contributed by atoms with Crippen LogP contribution in [0.1, 0.15) is 5.56 Å². The van der Waals surface area contributed by atoms with Crippen LogP contribution in [0.25, 0.3) is 16.6 Å². The summed E-state index contributed by atoms with van der Waals surface area (Å²) >= 11 is 3.40. The summed E-state index contributed by atoms with van der Waals surface area (Å²) in [5.74, 6) is 0. The van der Waals surface area contributed by atoms with Gasteiger partial charge in [-0.2, -0.15) is 5.10 Å². The summed E-state index contributed by atoms with van der Waals surface area (Å²) in [5, 5.41) is 4.81. The molecule has 0 amide bonds. The molecule has 0 fully saturated rings. The number of aromatic nitrogens is 4. The summed E-state index contributed by atoms with van der Waals surface area (Å²) in [6.45, 7) is 0.480. The maximum atomic E-state index is 12.6. The molecule has 0 spiro atoms. The van der Waals surface area contributed by atoms with Crippen molar-refractivity contribution in [2.24, 2.45) is 0 Å². The first-order valence-electron chi connectivity index (χ1n) is 7.44. The van der Waals surface area contributed by atoms with E-state index in [0.29, 0.717) is 17.4 Å². The molecule has 2 heterocycles. The van der Waals surface area contributed by atoms with Crippen LogP contribution in [0.4, 0.5) is 0 Å². The lowest BCUT2D eigenvalue weighted by molar-refractivity contribution is 0.747. The highest BCUT2D eigenvalue weighted by atomic mass is 79.9. The quantitative estimate of drug-likeness (QED) is 0.547. The third-order valence-corrected chi connectivity index (χ3v) is 4.34. The lowest BCUT2D eigenvalue weighted by Crippen LogP contribution is -2.21. The first kappa shape index (κ1) is 14.8. The smallest absolute Gasteiger partial charge is 0.261 e. The fourth-order valence-electron chi connectivity index (χ4n) is 2.62. The van der Waals surface area contributed by atoms with Gasteiger partial charge in [-0.05, 0) is 42.0 Å². The van der Waals surface area contributed by atoms with Crippen LogP contribution in [0.3, 0.4) is 0 Å². The number of halogens is 1. The Kier molecular flexibility index (Phi) is 3.74. The Morgan fingerprint density at radius 2 is 1.92 bits per heavy atom. The molecule has 0 atom stereocenters. The van der Waals surface area contributed by atoms with E-state index < -0.39 is 0 Å². The van der Waals surface area contributed by atoms with Crippen molar-refractivity contribution < 1.29 is 0 Å². The second kappa shape index (κ2) is 6.05. The monoisotopic (exact) mass is 380 g/mol. The van der Waals surface area contributed by atoms with Gasteiger partial charge >= 0.3 is 0 Å². The summed E-state index contributed by atoms with van der Waals surface area (Å²) in [4.78, 5) is 17.0. The number of nitrogens with zero attached hydrogens (tertiary/aromatic N) is 4. The number of fused-ring (bicyclic) bond motifs is 1. The molecule has 0 saturated heterocycles. The number of hydrogen-bond acceptors (Lipinski definition) is 3. The van der Waals surface area contributed by atoms with Gasteiger partial charge in [-0.15, -0.1) is 0 Å². The van der Waals surface area contributed by atoms with Gasteiger partial charge in [-0.25, -0.2) is 9.67 Å². The van der Waals surface area contributed by atoms with Crippen molar-refractivity contribution in [1.29, 1.82) is 0 Å². The highest BCUT2D eigenvalue weighted by Gasteiger charge is 2.06. The molecule has 2 aromatic heterocycles. The van der Waals surface area contributed by atoms with Gasteiger partial charge in [0.05, 0.1) is 29.5 Å². The molecule has 0 aliphatic heterocycles. The second-order valence-corrected chi connectivity index (χ2v) is 6.37. The van der Waals surface area contributed by atoms with E-state index >= 15 is 0 Å². The molecule has 0 aliphatic carbocycles. The molecular weight excluding hydrogens is 368 g/mol. The van der Waals surface area contributed by atoms with Gasteiger partial charge in [0, 0.05) is 16.9 Å². The van der Waals surface area contributed by atoms with E-state index in [1.54, 1.807) is 21.8 Å². The predicted molar refractivity (Wildman–Crippen MR) is 96.4 cm³/mol. The number of hydrogen-bond donors (Lipinski definition) is 0. The van der Waals surface area contributed by atoms with Crippen molar-refractivity contribution in [2.75, 3.05) is 0 Å². The summed E-state index contributed by atoms with van der Waals surface area (Å²) in [6, 6.07) is 15.4. The van der Waals surface area contributed by atoms with E-state index in [2.05, 4.69) is 26.0 Å². The van der Waals surface area contributed by atoms with Crippen molar-refractivity contribution in [3.05, 3.63) is 87.6 Å². The maximum Gasteiger partial charge on any atom is 0.261 e. The highest BCUT2D eigenvalue weighted by molar-refractivity contribution is 9.10. The van der Waals surface area contributed by atoms with Crippen LogP contribution in [0.2, 0.25) is 0 Å². The molecule has 118 valence electrons. The first-order valence-corrected chi connectivity index (χ1v) is 8.24. The number of benzene rings is 2. The Balaban J connectivity index is 1.67. The van der Waals surface area contributed by atoms with E-state index in [1.807, 2.05) is 54.7 Å². The molecule has 4 aromatic rings. The largest absolute Gasteiger partial charge is 0.294 e. The fraction of sp³-hybridized carbons (Fsp3) is 0.0556. The third-order valence-electron chi connectivity index (χ3n) is 3.84. The Morgan fingerprint density at radius 3 is 2.67 bits per heavy atom. The fourth-order valence-corrected chi connectivity index (χ4v) is 2.98. The van der Waals surface area contributed by atoms with Gasteiger partial charge in [0.1, 0.15) is 0 Å². The molecule has 4 rings (SSSR count). The third kappa shape index (κ3) is 2.76. The molecule has 24 heavy (non-hydrogen) atoms. The van der Waals surface area contributed by atoms with Gasteiger partial charge < -0.3 is 0 Å². The van der Waals surface area contributed by atoms with E-state index in [0.717, 1.165) is 15.7 Å². The Morgan fingerprint density at radius 1 is 1.08 bits per heavy atom. The average molecular weight is 381 g/mol. The molecular formula is C18H13BrN4O. The van der Waals surface area contributed by atoms with Crippen LogP contribution in [-0.2, 0) is 6.54 Å². The van der Waals surface area contributed by atoms with Crippen LogP contribution in [0.5, 0.6) is 0 Å². The molecule has 2 aromatic carbocycles. The molecule has 0 unspecified atom stereocenters. The summed E-state index contributed by atoms with van der Waals surface area (Å²) < 4.78 is 4.29. The van der Waals surface area contributed by atoms with Crippen LogP contribution in [0, 0.1) is 0 Å². The van der Waals surface area contributed by atoms with Crippen molar-refractivity contribution >= 4 is 26.8 Å². The summed E-state index contributed by atoms with van der Waals surface area (Å²) in [6.07, 6.45) is 5.23. The standard InChI is InChI=1S/C18H13BrN4O/c19-14-4-7-17-16(10-14)18(24)22(12-20-17)11-13-2-5-15(6-3-13)23-9-1-8-21-23/h1-10,12H,11H2. The van der Waals surface area contributed by atoms with Crippen molar-refractivity contribution in [1.82, 2.24) is 19.3 Å². The lowest BCUT2D eigenvalue weighted by atomic mass is 10.2. The normalized spacial score (nSPS) is 11.0. The van der Waals surface area contributed by atoms with E-state index in [4.69, 9.17) is 0 Å². The van der Waals surface area contributed by atoms with E-state index in [-0.39, 0.29) is 5.56 Å². The Bertz CT molecular complexity index is 1050. The molecule has 6 heteroatoms. The molecule has 0 radical (unpaired) electrons. The van der Waals surface area contributed by atoms with Crippen molar-refractivity contribution in [3.8, 4) is 5.69 Å². The Hall–Kier alpha value is -2.73. The highest BCUT2D eigenvalue weighted by Crippen LogP contribution is 2.15. The average Bonchev–Trinajstić information content (AvgIpc) is 3.13. The van der Waals surface area contributed by atoms with Gasteiger partial charge in [0.2, 0.25) is 0 Å². The lowest BCUT2D eigenvalue weighted by Gasteiger charge is -2.08. The molecule has 0 N–H and O–H groups in total. The van der Waals surface area contributed by atoms with Gasteiger partial charge in [0.15, 0.2) is 0 Å². The van der Waals surface area contributed by atoms with E-state index in [1.165, 1.54) is 0 Å². The van der Waals surface area contributed by atoms with E-state index in [9.17, 15) is 4.79 Å². The minimum atomic E-state index is -0.0440. The van der Waals surface area contributed by atoms with Crippen LogP contribution in [0.15, 0.2) is 76.5 Å². The second-order valence-electron chi connectivity index (χ2n) is 5.46. The minimum Gasteiger partial charge on any atom is -0.294 e. The van der Waals surface area contributed by atoms with Gasteiger partial charge in [-0.3, -0.25) is 9.36 Å². The van der Waals surface area contributed by atoms with Crippen LogP contribution >= 0.6 is 15.9 Å². The summed E-state index contributed by atoms with van der Waals surface area (Å²) in [5.41, 5.74) is 2.67. The van der Waals surface area contributed by atoms with Gasteiger partial charge in [0.25, 0.3) is 5.56 Å². The molecule has 0 saturated carbocycles. The maximum absolute atomic E-state index is 12.6. The van der Waals surface area contributed by atoms with Gasteiger partial charge in [-0.1, -0.05) is 28.1 Å². The zero-order valence-electron chi connectivity index (χ0n) is 12.6. The van der Waals surface area contributed by atoms with Crippen LogP contribution in [-0.4, -0.2) is 19.3 Å². The Labute approximate surface area is 146 Å². The molecule has 5 nitrogen and oxygen atoms in total. The number of rotatable bonds is 3.